The molecule has 20 atom stereocenters. The van der Waals surface area contributed by atoms with Gasteiger partial charge in [-0.3, -0.25) is 76.7 Å². The maximum Gasteiger partial charge on any atom is 0.350 e. The Morgan fingerprint density at radius 1 is 0.573 bits per heavy atom. The van der Waals surface area contributed by atoms with E-state index in [1.54, 1.807) is 108 Å². The molecule has 4 aromatic carbocycles. The molecule has 8 rings (SSSR count). The van der Waals surface area contributed by atoms with Crippen LogP contribution in [-0.4, -0.2) is 256 Å². The number of nitrogens with one attached hydrogen (secondary N) is 10. The number of primary amides is 2. The number of nitrogens with two attached hydrogens (primary N) is 4. The molecule has 3 fully saturated rings. The topological polar surface area (TPSA) is 648 Å². The average Bonchev–Trinajstić information content (AvgIpc) is 0.666. The second-order valence-electron chi connectivity index (χ2n) is 38.0. The Hall–Kier alpha value is -12.4. The number of fused-ring (bicyclic) bond motifs is 5. The average molecular weight is 2030 g/mol. The molecule has 0 spiro atoms. The molecule has 4 aliphatic rings. The standard InChI is InChI=1S/C100H138N14O27S2/c1-14-55(6)79(94(132)112-78(54(4)5)93(131)110-68(47-60-38-40-64(118)41-39-60)91(129)108-66(36-25-27-45-102)89(127)107-65(86(104)124)35-24-26-44-101)113-90(128)67(42-43-73(103)120)109-92(130)77(53(2)3)111-74(121)50-105-88(126)69(106-57(8)115)51-143-142-46-28-37-75(122)139-82(80(61-29-18-15-19-30-61)114-87(125)62-31-20-16-21-32-62)96(134)138-70-49-100(135)85(140-95(133)63-33-22-17-23-34-63)83-98(13,71(119)48-72-99(83,52-136-72)141-59(10)117)84(123)81(137-58(9)116)76(56(70)7)97(100,11)12/h15-23,29-34,38-41,53-55,65-72,77-83,85,118-119,135H,14,24-28,35-37,42-52,101-102H2,1-13H3,(H2,103,120)(H2,104,124)(H,105,126)(H,106,115)(H,107,127)(H,108,129)(H,109,130)(H,110,131)(H,111,121)(H,112,132)(H,113,128)(H,114,125)/t55-,65-,66-,67-,68-,69-,70-,71-,72+,77-,78-,79-,80-,81+,82+,83-,85-,98+,99-,100+/m0/s1. The van der Waals surface area contributed by atoms with E-state index in [0.29, 0.717) is 37.8 Å². The number of aliphatic hydroxyl groups is 2. The normalized spacial score (nSPS) is 22.1. The molecule has 1 saturated heterocycles. The lowest BCUT2D eigenvalue weighted by Crippen LogP contribution is -2.82. The third kappa shape index (κ3) is 30.4. The van der Waals surface area contributed by atoms with Crippen LogP contribution < -0.4 is 76.1 Å². The van der Waals surface area contributed by atoms with Gasteiger partial charge in [0.05, 0.1) is 36.2 Å². The van der Waals surface area contributed by atoms with Gasteiger partial charge in [-0.1, -0.05) is 162 Å². The van der Waals surface area contributed by atoms with Gasteiger partial charge in [0, 0.05) is 75.4 Å². The highest BCUT2D eigenvalue weighted by Crippen LogP contribution is 2.65. The van der Waals surface area contributed by atoms with E-state index in [2.05, 4.69) is 53.2 Å². The van der Waals surface area contributed by atoms with Gasteiger partial charge in [0.25, 0.3) is 5.91 Å². The molecular weight excluding hydrogens is 1890 g/mol. The number of aliphatic hydroxyl groups excluding tert-OH is 1. The molecule has 0 aromatic heterocycles. The Morgan fingerprint density at radius 3 is 1.66 bits per heavy atom. The molecule has 3 aliphatic carbocycles. The zero-order chi connectivity index (χ0) is 106. The van der Waals surface area contributed by atoms with Crippen molar-refractivity contribution < 1.29 is 130 Å². The zero-order valence-electron chi connectivity index (χ0n) is 82.8. The number of hydrogen-bond donors (Lipinski definition) is 17. The van der Waals surface area contributed by atoms with Crippen LogP contribution >= 0.6 is 21.6 Å². The molecule has 2 bridgehead atoms. The van der Waals surface area contributed by atoms with Crippen LogP contribution in [0.3, 0.4) is 0 Å². The summed E-state index contributed by atoms with van der Waals surface area (Å²) in [6.45, 7) is 18.1. The first-order chi connectivity index (χ1) is 67.6. The largest absolute Gasteiger partial charge is 0.508 e. The van der Waals surface area contributed by atoms with Gasteiger partial charge in [0.2, 0.25) is 71.1 Å². The molecular formula is C100H138N14O27S2. The van der Waals surface area contributed by atoms with Crippen LogP contribution in [0, 0.1) is 34.5 Å². The Morgan fingerprint density at radius 2 is 1.11 bits per heavy atom. The molecule has 4 aromatic rings. The third-order valence-electron chi connectivity index (χ3n) is 26.6. The first kappa shape index (κ1) is 116. The van der Waals surface area contributed by atoms with Gasteiger partial charge < -0.3 is 120 Å². The Kier molecular flexibility index (Phi) is 43.1. The lowest BCUT2D eigenvalue weighted by Gasteiger charge is -2.67. The molecule has 12 amide bonds. The minimum Gasteiger partial charge on any atom is -0.508 e. The van der Waals surface area contributed by atoms with Crippen molar-refractivity contribution in [3.05, 3.63) is 149 Å². The zero-order valence-corrected chi connectivity index (χ0v) is 84.5. The number of aromatic hydroxyl groups is 1. The Labute approximate surface area is 838 Å². The van der Waals surface area contributed by atoms with Gasteiger partial charge in [0.1, 0.15) is 84.0 Å². The molecule has 143 heavy (non-hydrogen) atoms. The number of phenols is 1. The summed E-state index contributed by atoms with van der Waals surface area (Å²) in [6, 6.07) is 16.6. The summed E-state index contributed by atoms with van der Waals surface area (Å²) < 4.78 is 37.4. The summed E-state index contributed by atoms with van der Waals surface area (Å²) in [5, 5.41) is 63.1. The van der Waals surface area contributed by atoms with E-state index in [-0.39, 0.29) is 90.2 Å². The van der Waals surface area contributed by atoms with E-state index < -0.39 is 282 Å². The third-order valence-corrected chi connectivity index (χ3v) is 29.1. The molecule has 2 saturated carbocycles. The molecule has 782 valence electrons. The summed E-state index contributed by atoms with van der Waals surface area (Å²) in [7, 11) is 2.22. The van der Waals surface area contributed by atoms with Crippen molar-refractivity contribution in [2.45, 2.75) is 282 Å². The number of phenolic OH excluding ortho intramolecular Hbond substituents is 1. The van der Waals surface area contributed by atoms with Crippen molar-refractivity contribution in [3.63, 3.8) is 0 Å². The van der Waals surface area contributed by atoms with Crippen LogP contribution in [0.25, 0.3) is 0 Å². The number of benzene rings is 4. The number of Topliss-reactive ketones (excluding diaryl/α,β-unsaturated/α-hetero) is 1. The van der Waals surface area contributed by atoms with Gasteiger partial charge >= 0.3 is 29.8 Å². The summed E-state index contributed by atoms with van der Waals surface area (Å²) in [5.74, 6) is -20.2. The van der Waals surface area contributed by atoms with E-state index in [1.165, 1.54) is 76.2 Å². The van der Waals surface area contributed by atoms with Crippen molar-refractivity contribution in [1.82, 2.24) is 53.2 Å². The van der Waals surface area contributed by atoms with E-state index >= 15 is 9.59 Å². The SMILES string of the molecule is CC[C@H](C)[C@H](NC(=O)[C@H](CCC(N)=O)NC(=O)[C@@H](NC(=O)CNC(=O)[C@H](CSSCCCC(=O)O[C@@H](C(=O)O[C@H]1C[C@@]2(O)[C@@H](OC(=O)c3ccccc3)[C@@H]3[C@]4(OC(C)=O)CO[C@@H]4C[C@H](O)[C@@]3(C)C(=O)[C@H](OC(C)=O)C(=C1C)C2(C)C)[C@@H](NC(=O)c1ccccc1)c1ccccc1)NC(C)=O)C(C)C)C(=O)N[C@H](C(=O)N[C@@H](Cc1ccc(O)cc1)C(=O)N[C@@H](CCCCN)C(=O)N[C@@H](CCCCN)C(N)=O)C(C)C. The predicted octanol–water partition coefficient (Wildman–Crippen LogP) is 2.78. The Balaban J connectivity index is 0.945. The van der Waals surface area contributed by atoms with Gasteiger partial charge in [-0.25, -0.2) is 9.59 Å². The molecule has 1 heterocycles. The summed E-state index contributed by atoms with van der Waals surface area (Å²) >= 11 is 0. The van der Waals surface area contributed by atoms with Crippen LogP contribution in [0.5, 0.6) is 5.75 Å². The van der Waals surface area contributed by atoms with Crippen molar-refractivity contribution in [3.8, 4) is 5.75 Å². The number of rotatable bonds is 53. The van der Waals surface area contributed by atoms with Gasteiger partial charge in [-0.05, 0) is 155 Å². The molecule has 0 unspecified atom stereocenters. The van der Waals surface area contributed by atoms with Gasteiger partial charge in [0.15, 0.2) is 17.5 Å². The molecule has 21 N–H and O–H groups in total. The minimum atomic E-state index is -2.59. The van der Waals surface area contributed by atoms with Crippen LogP contribution in [0.4, 0.5) is 0 Å². The lowest BCUT2D eigenvalue weighted by molar-refractivity contribution is -0.346. The number of amides is 12. The smallest absolute Gasteiger partial charge is 0.350 e. The highest BCUT2D eigenvalue weighted by Gasteiger charge is 2.78. The second-order valence-corrected chi connectivity index (χ2v) is 40.6. The van der Waals surface area contributed by atoms with Crippen molar-refractivity contribution in [2.75, 3.05) is 37.7 Å². The molecule has 0 radical (unpaired) electrons. The first-order valence-corrected chi connectivity index (χ1v) is 50.5. The molecule has 41 nitrogen and oxygen atoms in total. The lowest BCUT2D eigenvalue weighted by atomic mass is 9.44. The molecule has 43 heteroatoms. The summed E-state index contributed by atoms with van der Waals surface area (Å²) in [4.78, 5) is 255. The van der Waals surface area contributed by atoms with Crippen molar-refractivity contribution in [1.29, 1.82) is 0 Å². The highest BCUT2D eigenvalue weighted by atomic mass is 33.1. The minimum absolute atomic E-state index is 0.0168. The number of esters is 5. The van der Waals surface area contributed by atoms with E-state index in [1.807, 2.05) is 0 Å². The Bertz CT molecular complexity index is 5220. The van der Waals surface area contributed by atoms with E-state index in [9.17, 15) is 92.0 Å². The second kappa shape index (κ2) is 53.2. The van der Waals surface area contributed by atoms with Crippen molar-refractivity contribution >= 4 is 128 Å². The number of ether oxygens (including phenoxy) is 6. The van der Waals surface area contributed by atoms with Crippen LogP contribution in [0.1, 0.15) is 211 Å². The van der Waals surface area contributed by atoms with Crippen LogP contribution in [0.2, 0.25) is 0 Å². The van der Waals surface area contributed by atoms with Gasteiger partial charge in [-0.15, -0.1) is 0 Å². The maximum absolute atomic E-state index is 16.1. The van der Waals surface area contributed by atoms with Crippen LogP contribution in [-0.2, 0) is 112 Å². The summed E-state index contributed by atoms with van der Waals surface area (Å²) in [6.07, 6.45) is -10.9. The van der Waals surface area contributed by atoms with E-state index in [0.717, 1.165) is 42.4 Å². The fourth-order valence-electron chi connectivity index (χ4n) is 18.4. The van der Waals surface area contributed by atoms with E-state index in [4.69, 9.17) is 51.4 Å². The number of hydrogen-bond acceptors (Lipinski definition) is 31. The number of carbonyl (C=O) groups excluding carboxylic acids is 18. The number of carbonyl (C=O) groups is 18. The maximum atomic E-state index is 16.1. The van der Waals surface area contributed by atoms with Crippen molar-refractivity contribution in [2.24, 2.45) is 57.4 Å². The fraction of sp³-hybridized carbons (Fsp3) is 0.560. The first-order valence-electron chi connectivity index (χ1n) is 48.0. The number of ketones is 1. The fourth-order valence-corrected chi connectivity index (χ4v) is 20.6. The van der Waals surface area contributed by atoms with Gasteiger partial charge in [-0.2, -0.15) is 0 Å². The quantitative estimate of drug-likeness (QED) is 0.00993. The van der Waals surface area contributed by atoms with Crippen LogP contribution in [0.15, 0.2) is 126 Å². The number of unbranched alkanes of at least 4 members (excludes halogenated alkanes) is 2. The highest BCUT2D eigenvalue weighted by molar-refractivity contribution is 8.76. The predicted molar refractivity (Wildman–Crippen MR) is 524 cm³/mol. The summed E-state index contributed by atoms with van der Waals surface area (Å²) in [5.41, 5.74) is 14.8. The monoisotopic (exact) mass is 2030 g/mol. The molecule has 1 aliphatic heterocycles.